The van der Waals surface area contributed by atoms with Gasteiger partial charge >= 0.3 is 30.7 Å². The van der Waals surface area contributed by atoms with Crippen LogP contribution in [-0.4, -0.2) is 239 Å². The van der Waals surface area contributed by atoms with E-state index in [0.29, 0.717) is 6.42 Å². The SMILES string of the molecule is CC(C)[C@H](NC(=O)[C@H](CCCN=C(N)N)NC(=O)CNC(=O)[C@@H](NC(=O)[C@@H]1CCCN1C(=O)[C@@H](N)Cc1ccccc1)C(C)C)C(=O)N[C@@H](Cc1cnc[nH]1)C(=O)N[C@@H](CCCN=C(N)N)C(=O)N[C@@H](CC(C(F)(F)F)C(F)(F)F)C(=O)N[C@@H](CC(C(F)(F)F)C(F)(F)F)C(=O)N[C@@H](CCCN=C(N)N)C(=O)N[C@@H](CCCCN)C(=O)O. The molecule has 117 heavy (non-hydrogen) atoms. The van der Waals surface area contributed by atoms with Crippen LogP contribution in [0.5, 0.6) is 0 Å². The molecular formula is C68H104F12N24O13. The van der Waals surface area contributed by atoms with Crippen molar-refractivity contribution in [1.29, 1.82) is 0 Å². The predicted octanol–water partition coefficient (Wildman–Crippen LogP) is -2.06. The summed E-state index contributed by atoms with van der Waals surface area (Å²) in [5.74, 6) is -29.3. The van der Waals surface area contributed by atoms with Crippen LogP contribution < -0.4 is 99.0 Å². The number of nitrogens with two attached hydrogens (primary N) is 8. The molecule has 49 heteroatoms. The molecule has 11 atom stereocenters. The summed E-state index contributed by atoms with van der Waals surface area (Å²) in [5, 5.41) is 30.7. The summed E-state index contributed by atoms with van der Waals surface area (Å²) in [6.07, 6.45) is -31.8. The van der Waals surface area contributed by atoms with Gasteiger partial charge in [-0.3, -0.25) is 67.7 Å². The number of aliphatic carboxylic acids is 1. The maximum absolute atomic E-state index is 14.7. The molecule has 0 radical (unpaired) electrons. The second-order valence-electron chi connectivity index (χ2n) is 28.1. The summed E-state index contributed by atoms with van der Waals surface area (Å²) in [5.41, 5.74) is 45.0. The van der Waals surface area contributed by atoms with E-state index in [1.165, 1.54) is 29.4 Å². The number of aromatic amines is 1. The number of nitrogens with one attached hydrogen (secondary N) is 11. The average Bonchev–Trinajstić information content (AvgIpc) is 1.14. The Hall–Kier alpha value is -11.0. The van der Waals surface area contributed by atoms with E-state index in [0.717, 1.165) is 18.1 Å². The molecule has 658 valence electrons. The fourth-order valence-electron chi connectivity index (χ4n) is 11.9. The van der Waals surface area contributed by atoms with Gasteiger partial charge in [0.1, 0.15) is 60.4 Å². The number of hydrogen-bond donors (Lipinski definition) is 20. The molecule has 1 aromatic carbocycles. The molecule has 28 N–H and O–H groups in total. The van der Waals surface area contributed by atoms with Crippen LogP contribution in [0.15, 0.2) is 57.8 Å². The largest absolute Gasteiger partial charge is 0.480 e. The molecule has 2 heterocycles. The fourth-order valence-corrected chi connectivity index (χ4v) is 11.9. The fraction of sp³-hybridized carbons (Fsp3) is 0.647. The number of benzene rings is 1. The van der Waals surface area contributed by atoms with Crippen molar-refractivity contribution >= 4 is 88.8 Å². The summed E-state index contributed by atoms with van der Waals surface area (Å²) >= 11 is 0. The van der Waals surface area contributed by atoms with Gasteiger partial charge in [-0.25, -0.2) is 9.78 Å². The lowest BCUT2D eigenvalue weighted by molar-refractivity contribution is -0.288. The number of alkyl halides is 12. The van der Waals surface area contributed by atoms with E-state index >= 15 is 0 Å². The molecule has 1 saturated heterocycles. The first-order valence-corrected chi connectivity index (χ1v) is 36.9. The molecule has 3 rings (SSSR count). The van der Waals surface area contributed by atoms with Crippen LogP contribution in [-0.2, 0) is 70.4 Å². The first kappa shape index (κ1) is 100. The Bertz CT molecular complexity index is 3670. The maximum atomic E-state index is 14.7. The smallest absolute Gasteiger partial charge is 0.400 e. The van der Waals surface area contributed by atoms with Crippen molar-refractivity contribution in [2.45, 2.75) is 215 Å². The third-order valence-corrected chi connectivity index (χ3v) is 18.1. The predicted molar refractivity (Wildman–Crippen MR) is 396 cm³/mol. The Labute approximate surface area is 663 Å². The van der Waals surface area contributed by atoms with Crippen molar-refractivity contribution in [3.05, 3.63) is 54.1 Å². The molecule has 1 aliphatic heterocycles. The number of amides is 11. The van der Waals surface area contributed by atoms with Gasteiger partial charge in [0.25, 0.3) is 0 Å². The Balaban J connectivity index is 2.09. The average molecular weight is 1690 g/mol. The molecule has 2 aromatic rings. The molecule has 37 nitrogen and oxygen atoms in total. The Morgan fingerprint density at radius 2 is 0.915 bits per heavy atom. The highest BCUT2D eigenvalue weighted by Gasteiger charge is 2.60. The number of carbonyl (C=O) groups excluding carboxylic acids is 11. The molecule has 1 aromatic heterocycles. The van der Waals surface area contributed by atoms with Gasteiger partial charge in [-0.1, -0.05) is 58.0 Å². The highest BCUT2D eigenvalue weighted by molar-refractivity contribution is 5.99. The number of rotatable bonds is 48. The number of carbonyl (C=O) groups is 12. The topological polar surface area (TPSA) is 623 Å². The second-order valence-corrected chi connectivity index (χ2v) is 28.1. The number of hydrogen-bond acceptors (Lipinski definition) is 18. The number of imidazole rings is 1. The van der Waals surface area contributed by atoms with Crippen molar-refractivity contribution in [2.75, 3.05) is 39.3 Å². The molecular weight excluding hydrogens is 1590 g/mol. The first-order chi connectivity index (χ1) is 54.5. The number of guanidine groups is 3. The van der Waals surface area contributed by atoms with E-state index in [1.807, 2.05) is 5.32 Å². The van der Waals surface area contributed by atoms with Gasteiger partial charge in [0, 0.05) is 44.5 Å². The Kier molecular flexibility index (Phi) is 40.4. The van der Waals surface area contributed by atoms with E-state index in [1.54, 1.807) is 49.5 Å². The van der Waals surface area contributed by atoms with Crippen LogP contribution in [0, 0.1) is 23.7 Å². The monoisotopic (exact) mass is 1690 g/mol. The molecule has 1 aliphatic rings. The summed E-state index contributed by atoms with van der Waals surface area (Å²) in [6, 6.07) is -13.0. The van der Waals surface area contributed by atoms with Crippen LogP contribution in [0.3, 0.4) is 0 Å². The van der Waals surface area contributed by atoms with E-state index in [-0.39, 0.29) is 76.2 Å². The van der Waals surface area contributed by atoms with E-state index in [9.17, 15) is 115 Å². The quantitative estimate of drug-likeness (QED) is 0.0147. The third-order valence-electron chi connectivity index (χ3n) is 18.1. The van der Waals surface area contributed by atoms with E-state index in [2.05, 4.69) is 56.8 Å². The maximum Gasteiger partial charge on any atom is 0.400 e. The van der Waals surface area contributed by atoms with Crippen LogP contribution in [0.25, 0.3) is 0 Å². The lowest BCUT2D eigenvalue weighted by atomic mass is 9.94. The van der Waals surface area contributed by atoms with Gasteiger partial charge in [-0.05, 0) is 114 Å². The minimum Gasteiger partial charge on any atom is -0.480 e. The molecule has 1 fully saturated rings. The van der Waals surface area contributed by atoms with Crippen molar-refractivity contribution in [1.82, 2.24) is 68.0 Å². The van der Waals surface area contributed by atoms with E-state index < -0.39 is 262 Å². The molecule has 0 aliphatic carbocycles. The van der Waals surface area contributed by atoms with E-state index in [4.69, 9.17) is 45.9 Å². The summed E-state index contributed by atoms with van der Waals surface area (Å²) < 4.78 is 174. The van der Waals surface area contributed by atoms with Crippen molar-refractivity contribution < 1.29 is 115 Å². The summed E-state index contributed by atoms with van der Waals surface area (Å²) in [4.78, 5) is 187. The second kappa shape index (κ2) is 47.2. The summed E-state index contributed by atoms with van der Waals surface area (Å²) in [7, 11) is 0. The standard InChI is InChI=1S/C68H104F12N24O13/c1-33(2)49(103-57(112)45-20-13-25-104(45)60(115)37(82)26-35-14-6-5-7-15-35)58(113)93-31-48(105)95-38(17-10-22-90-62(83)84)53(108)102-50(34(3)4)59(114)101-42(27-36-30-89-32-94-36)54(109)96-40(19-12-24-92-64(87)88)52(107)99-44(29-47(67(75,76)77)68(78,79)80)56(111)100-43(28-46(65(69,70)71)66(72,73)74)55(110)97-39(18-11-23-91-63(85)86)51(106)98-41(61(116)117)16-8-9-21-81/h5-7,14-15,30,32-34,37-47,49-50H,8-13,16-29,31,81-82H2,1-4H3,(H,89,94)(H,93,113)(H,95,105)(H,96,109)(H,97,110)(H,98,106)(H,99,107)(H,100,111)(H,101,114)(H,102,108)(H,103,112)(H,116,117)(H4,83,84,90)(H4,85,86,91)(H4,87,88,92)/t37-,38-,39-,40-,41-,42-,43-,44-,45-,49-,50-/m0/s1. The molecule has 11 amide bonds. The van der Waals surface area contributed by atoms with Gasteiger partial charge in [0.15, 0.2) is 29.7 Å². The number of aromatic nitrogens is 2. The first-order valence-electron chi connectivity index (χ1n) is 36.9. The zero-order valence-corrected chi connectivity index (χ0v) is 64.3. The van der Waals surface area contributed by atoms with Crippen LogP contribution in [0.4, 0.5) is 52.7 Å². The number of H-pyrrole nitrogens is 1. The number of carboxylic acid groups (broad SMARTS) is 1. The summed E-state index contributed by atoms with van der Waals surface area (Å²) in [6.45, 7) is 4.26. The zero-order valence-electron chi connectivity index (χ0n) is 64.3. The number of aliphatic imine (C=N–C) groups is 3. The molecule has 0 saturated carbocycles. The number of nitrogens with zero attached hydrogens (tertiary/aromatic N) is 5. The van der Waals surface area contributed by atoms with Crippen LogP contribution in [0.2, 0.25) is 0 Å². The van der Waals surface area contributed by atoms with Crippen molar-refractivity contribution in [3.8, 4) is 0 Å². The molecule has 0 unspecified atom stereocenters. The Morgan fingerprint density at radius 3 is 1.33 bits per heavy atom. The lowest BCUT2D eigenvalue weighted by Gasteiger charge is -2.32. The number of likely N-dealkylation sites (tertiary alicyclic amines) is 1. The van der Waals surface area contributed by atoms with Gasteiger partial charge in [0.2, 0.25) is 65.0 Å². The van der Waals surface area contributed by atoms with Crippen LogP contribution >= 0.6 is 0 Å². The lowest BCUT2D eigenvalue weighted by Crippen LogP contribution is -2.62. The third kappa shape index (κ3) is 35.5. The van der Waals surface area contributed by atoms with Gasteiger partial charge in [-0.2, -0.15) is 52.7 Å². The highest BCUT2D eigenvalue weighted by Crippen LogP contribution is 2.44. The highest BCUT2D eigenvalue weighted by atomic mass is 19.4. The van der Waals surface area contributed by atoms with Gasteiger partial charge in [-0.15, -0.1) is 0 Å². The van der Waals surface area contributed by atoms with Crippen LogP contribution in [0.1, 0.15) is 122 Å². The van der Waals surface area contributed by atoms with Crippen molar-refractivity contribution in [2.24, 2.45) is 84.5 Å². The van der Waals surface area contributed by atoms with Gasteiger partial charge < -0.3 is 114 Å². The number of carboxylic acids is 1. The minimum absolute atomic E-state index is 0.000914. The zero-order chi connectivity index (χ0) is 88.5. The Morgan fingerprint density at radius 1 is 0.513 bits per heavy atom. The molecule has 0 spiro atoms. The molecule has 0 bridgehead atoms. The number of unbranched alkanes of at least 4 members (excludes halogenated alkanes) is 1. The van der Waals surface area contributed by atoms with Gasteiger partial charge in [0.05, 0.1) is 18.9 Å². The minimum atomic E-state index is -6.46. The van der Waals surface area contributed by atoms with Crippen molar-refractivity contribution in [3.63, 3.8) is 0 Å². The number of halogens is 12. The normalized spacial score (nSPS) is 15.8.